The molecule has 0 bridgehead atoms. The summed E-state index contributed by atoms with van der Waals surface area (Å²) >= 11 is 0. The smallest absolute Gasteiger partial charge is 0.323 e. The Balaban J connectivity index is 2.91. The van der Waals surface area contributed by atoms with E-state index in [0.29, 0.717) is 18.8 Å². The van der Waals surface area contributed by atoms with E-state index >= 15 is 0 Å². The van der Waals surface area contributed by atoms with Crippen molar-refractivity contribution >= 4 is 11.9 Å². The lowest BCUT2D eigenvalue weighted by molar-refractivity contribution is -0.137. The summed E-state index contributed by atoms with van der Waals surface area (Å²) in [5.41, 5.74) is 0.339. The van der Waals surface area contributed by atoms with Crippen molar-refractivity contribution in [3.05, 3.63) is 24.0 Å². The largest absolute Gasteiger partial charge is 0.480 e. The van der Waals surface area contributed by atoms with E-state index in [9.17, 15) is 9.59 Å². The maximum atomic E-state index is 12.5. The molecule has 0 unspecified atom stereocenters. The molecule has 1 aromatic rings. The number of nitrogens with zero attached hydrogens (tertiary/aromatic N) is 3. The summed E-state index contributed by atoms with van der Waals surface area (Å²) < 4.78 is 1.41. The molecule has 1 aromatic heterocycles. The Morgan fingerprint density at radius 1 is 1.50 bits per heavy atom. The van der Waals surface area contributed by atoms with Gasteiger partial charge in [-0.1, -0.05) is 13.8 Å². The number of carboxylic acid groups (broad SMARTS) is 1. The number of amides is 1. The molecule has 0 fully saturated rings. The van der Waals surface area contributed by atoms with Crippen molar-refractivity contribution in [2.24, 2.45) is 5.92 Å². The summed E-state index contributed by atoms with van der Waals surface area (Å²) in [6, 6.07) is 5.27. The second-order valence-corrected chi connectivity index (χ2v) is 4.97. The van der Waals surface area contributed by atoms with E-state index in [2.05, 4.69) is 0 Å². The van der Waals surface area contributed by atoms with E-state index in [1.165, 1.54) is 4.57 Å². The number of rotatable bonds is 7. The number of carboxylic acids is 1. The van der Waals surface area contributed by atoms with Crippen molar-refractivity contribution in [3.63, 3.8) is 0 Å². The summed E-state index contributed by atoms with van der Waals surface area (Å²) in [4.78, 5) is 24.8. The zero-order valence-corrected chi connectivity index (χ0v) is 11.7. The van der Waals surface area contributed by atoms with Gasteiger partial charge in [0.25, 0.3) is 5.91 Å². The van der Waals surface area contributed by atoms with Crippen LogP contribution in [-0.4, -0.2) is 39.5 Å². The van der Waals surface area contributed by atoms with E-state index in [1.807, 2.05) is 19.9 Å². The van der Waals surface area contributed by atoms with Crippen LogP contribution in [0.15, 0.2) is 18.3 Å². The zero-order valence-electron chi connectivity index (χ0n) is 11.7. The average molecular weight is 277 g/mol. The van der Waals surface area contributed by atoms with E-state index in [0.717, 1.165) is 0 Å². The lowest BCUT2D eigenvalue weighted by Gasteiger charge is -2.24. The maximum Gasteiger partial charge on any atom is 0.323 e. The molecule has 0 aliphatic rings. The predicted molar refractivity (Wildman–Crippen MR) is 73.0 cm³/mol. The molecule has 108 valence electrons. The summed E-state index contributed by atoms with van der Waals surface area (Å²) in [5, 5.41) is 17.5. The van der Waals surface area contributed by atoms with Crippen LogP contribution in [0, 0.1) is 17.2 Å². The Hall–Kier alpha value is -2.29. The average Bonchev–Trinajstić information content (AvgIpc) is 2.80. The van der Waals surface area contributed by atoms with Gasteiger partial charge in [-0.2, -0.15) is 5.26 Å². The van der Waals surface area contributed by atoms with E-state index < -0.39 is 5.97 Å². The van der Waals surface area contributed by atoms with Crippen molar-refractivity contribution in [1.29, 1.82) is 5.26 Å². The van der Waals surface area contributed by atoms with Gasteiger partial charge in [-0.05, 0) is 18.1 Å². The third-order valence-electron chi connectivity index (χ3n) is 2.72. The highest BCUT2D eigenvalue weighted by molar-refractivity contribution is 5.93. The highest BCUT2D eigenvalue weighted by atomic mass is 16.4. The maximum absolute atomic E-state index is 12.5. The minimum atomic E-state index is -0.998. The molecule has 0 aliphatic carbocycles. The predicted octanol–water partition coefficient (Wildman–Crippen LogP) is 1.58. The zero-order chi connectivity index (χ0) is 15.1. The first-order valence-electron chi connectivity index (χ1n) is 6.48. The number of carbonyl (C=O) groups excluding carboxylic acids is 1. The van der Waals surface area contributed by atoms with Crippen LogP contribution in [0.25, 0.3) is 0 Å². The molecule has 20 heavy (non-hydrogen) atoms. The molecule has 1 amide bonds. The molecular weight excluding hydrogens is 258 g/mol. The van der Waals surface area contributed by atoms with Crippen LogP contribution in [0.2, 0.25) is 0 Å². The van der Waals surface area contributed by atoms with Gasteiger partial charge in [-0.25, -0.2) is 0 Å². The Morgan fingerprint density at radius 3 is 2.75 bits per heavy atom. The molecular formula is C14H19N3O3. The van der Waals surface area contributed by atoms with Crippen LogP contribution in [0.3, 0.4) is 0 Å². The highest BCUT2D eigenvalue weighted by Crippen LogP contribution is 2.10. The van der Waals surface area contributed by atoms with Crippen LogP contribution >= 0.6 is 0 Å². The second-order valence-electron chi connectivity index (χ2n) is 4.97. The van der Waals surface area contributed by atoms with Gasteiger partial charge >= 0.3 is 5.97 Å². The van der Waals surface area contributed by atoms with E-state index in [-0.39, 0.29) is 24.8 Å². The summed E-state index contributed by atoms with van der Waals surface area (Å²) in [6.45, 7) is 4.62. The lowest BCUT2D eigenvalue weighted by Crippen LogP contribution is -2.36. The fraction of sp³-hybridized carbons (Fsp3) is 0.500. The van der Waals surface area contributed by atoms with E-state index in [1.54, 1.807) is 23.2 Å². The van der Waals surface area contributed by atoms with Crippen molar-refractivity contribution < 1.29 is 14.7 Å². The summed E-state index contributed by atoms with van der Waals surface area (Å²) in [5.74, 6) is -0.955. The number of carbonyl (C=O) groups is 2. The molecule has 0 aromatic carbocycles. The third-order valence-corrected chi connectivity index (χ3v) is 2.72. The molecule has 6 heteroatoms. The SMILES string of the molecule is CC(C)CN(CCC#N)C(=O)c1cccn1CC(=O)O. The lowest BCUT2D eigenvalue weighted by atomic mass is 10.2. The second kappa shape index (κ2) is 7.34. The van der Waals surface area contributed by atoms with Gasteiger partial charge < -0.3 is 14.6 Å². The Labute approximate surface area is 118 Å². The van der Waals surface area contributed by atoms with Crippen LogP contribution in [0.1, 0.15) is 30.8 Å². The van der Waals surface area contributed by atoms with Crippen molar-refractivity contribution in [3.8, 4) is 6.07 Å². The number of aliphatic carboxylic acids is 1. The van der Waals surface area contributed by atoms with E-state index in [4.69, 9.17) is 10.4 Å². The molecule has 0 radical (unpaired) electrons. The van der Waals surface area contributed by atoms with Crippen LogP contribution in [0.5, 0.6) is 0 Å². The Morgan fingerprint density at radius 2 is 2.20 bits per heavy atom. The first-order chi connectivity index (χ1) is 9.45. The summed E-state index contributed by atoms with van der Waals surface area (Å²) in [7, 11) is 0. The van der Waals surface area contributed by atoms with Gasteiger partial charge in [-0.15, -0.1) is 0 Å². The molecule has 1 N–H and O–H groups in total. The van der Waals surface area contributed by atoms with Gasteiger partial charge in [-0.3, -0.25) is 9.59 Å². The number of hydrogen-bond acceptors (Lipinski definition) is 3. The molecule has 0 saturated carbocycles. The molecule has 1 rings (SSSR count). The van der Waals surface area contributed by atoms with Gasteiger partial charge in [0.1, 0.15) is 12.2 Å². The van der Waals surface area contributed by atoms with Crippen LogP contribution < -0.4 is 0 Å². The highest BCUT2D eigenvalue weighted by Gasteiger charge is 2.20. The Bertz CT molecular complexity index is 514. The van der Waals surface area contributed by atoms with Gasteiger partial charge in [0.15, 0.2) is 0 Å². The number of aromatic nitrogens is 1. The quantitative estimate of drug-likeness (QED) is 0.819. The number of nitriles is 1. The molecule has 0 atom stereocenters. The fourth-order valence-corrected chi connectivity index (χ4v) is 1.96. The Kier molecular flexibility index (Phi) is 5.78. The normalized spacial score (nSPS) is 10.3. The topological polar surface area (TPSA) is 86.3 Å². The monoisotopic (exact) mass is 277 g/mol. The van der Waals surface area contributed by atoms with Crippen LogP contribution in [-0.2, 0) is 11.3 Å². The van der Waals surface area contributed by atoms with Gasteiger partial charge in [0.2, 0.25) is 0 Å². The molecule has 0 spiro atoms. The molecule has 6 nitrogen and oxygen atoms in total. The minimum absolute atomic E-state index is 0.236. The fourth-order valence-electron chi connectivity index (χ4n) is 1.96. The van der Waals surface area contributed by atoms with Gasteiger partial charge in [0.05, 0.1) is 12.5 Å². The van der Waals surface area contributed by atoms with Gasteiger partial charge in [0, 0.05) is 19.3 Å². The first kappa shape index (κ1) is 15.8. The van der Waals surface area contributed by atoms with Crippen molar-refractivity contribution in [2.45, 2.75) is 26.8 Å². The number of hydrogen-bond donors (Lipinski definition) is 1. The standard InChI is InChI=1S/C14H19N3O3/c1-11(2)9-17(8-4-6-15)14(20)12-5-3-7-16(12)10-13(18)19/h3,5,7,11H,4,8-10H2,1-2H3,(H,18,19). The minimum Gasteiger partial charge on any atom is -0.480 e. The third kappa shape index (κ3) is 4.43. The first-order valence-corrected chi connectivity index (χ1v) is 6.48. The van der Waals surface area contributed by atoms with Crippen LogP contribution in [0.4, 0.5) is 0 Å². The van der Waals surface area contributed by atoms with Crippen molar-refractivity contribution in [2.75, 3.05) is 13.1 Å². The molecule has 1 heterocycles. The summed E-state index contributed by atoms with van der Waals surface area (Å²) in [6.07, 6.45) is 1.83. The van der Waals surface area contributed by atoms with Crippen molar-refractivity contribution in [1.82, 2.24) is 9.47 Å². The molecule has 0 aliphatic heterocycles. The molecule has 0 saturated heterocycles.